The molecule has 1 N–H and O–H groups in total. The molecule has 15 heavy (non-hydrogen) atoms. The molecule has 1 unspecified atom stereocenters. The second-order valence-electron chi connectivity index (χ2n) is 6.48. The maximum atomic E-state index is 11.4. The first-order valence-electron chi connectivity index (χ1n) is 5.66. The van der Waals surface area contributed by atoms with Gasteiger partial charge in [-0.05, 0) is 26.2 Å². The highest BCUT2D eigenvalue weighted by molar-refractivity contribution is 5.79. The number of nitrogens with zero attached hydrogens (tertiary/aromatic N) is 1. The SMILES string of the molecule is CC(C)(C)C1CNC(=O)CN1C(C)(C)C. The molecule has 1 aliphatic heterocycles. The van der Waals surface area contributed by atoms with Crippen molar-refractivity contribution in [3.8, 4) is 0 Å². The van der Waals surface area contributed by atoms with Crippen LogP contribution in [0.2, 0.25) is 0 Å². The van der Waals surface area contributed by atoms with Gasteiger partial charge in [-0.1, -0.05) is 20.8 Å². The molecule has 1 rings (SSSR count). The van der Waals surface area contributed by atoms with Crippen molar-refractivity contribution in [3.63, 3.8) is 0 Å². The summed E-state index contributed by atoms with van der Waals surface area (Å²) in [7, 11) is 0. The number of hydrogen-bond donors (Lipinski definition) is 1. The molecule has 0 aromatic carbocycles. The summed E-state index contributed by atoms with van der Waals surface area (Å²) >= 11 is 0. The van der Waals surface area contributed by atoms with E-state index in [4.69, 9.17) is 0 Å². The van der Waals surface area contributed by atoms with Gasteiger partial charge in [-0.3, -0.25) is 9.69 Å². The van der Waals surface area contributed by atoms with Crippen LogP contribution in [0.25, 0.3) is 0 Å². The monoisotopic (exact) mass is 212 g/mol. The van der Waals surface area contributed by atoms with Crippen LogP contribution in [-0.2, 0) is 4.79 Å². The second-order valence-corrected chi connectivity index (χ2v) is 6.48. The average Bonchev–Trinajstić information content (AvgIpc) is 2.00. The van der Waals surface area contributed by atoms with E-state index in [0.717, 1.165) is 6.54 Å². The van der Waals surface area contributed by atoms with Gasteiger partial charge in [-0.2, -0.15) is 0 Å². The third kappa shape index (κ3) is 2.94. The normalized spacial score (nSPS) is 25.2. The molecular formula is C12H24N2O. The Kier molecular flexibility index (Phi) is 3.15. The van der Waals surface area contributed by atoms with Gasteiger partial charge in [0.25, 0.3) is 0 Å². The number of carbonyl (C=O) groups is 1. The summed E-state index contributed by atoms with van der Waals surface area (Å²) < 4.78 is 0. The molecule has 0 aliphatic carbocycles. The molecule has 1 atom stereocenters. The Labute approximate surface area is 93.2 Å². The van der Waals surface area contributed by atoms with Crippen LogP contribution < -0.4 is 5.32 Å². The minimum absolute atomic E-state index is 0.0513. The molecule has 1 fully saturated rings. The lowest BCUT2D eigenvalue weighted by Crippen LogP contribution is -2.64. The molecule has 0 aromatic heterocycles. The summed E-state index contributed by atoms with van der Waals surface area (Å²) in [5, 5.41) is 2.96. The van der Waals surface area contributed by atoms with E-state index in [1.54, 1.807) is 0 Å². The number of piperazine rings is 1. The van der Waals surface area contributed by atoms with Crippen molar-refractivity contribution in [3.05, 3.63) is 0 Å². The molecule has 1 aliphatic rings. The van der Waals surface area contributed by atoms with Gasteiger partial charge in [-0.25, -0.2) is 0 Å². The van der Waals surface area contributed by atoms with Crippen LogP contribution in [0.3, 0.4) is 0 Å². The predicted octanol–water partition coefficient (Wildman–Crippen LogP) is 1.63. The molecule has 3 nitrogen and oxygen atoms in total. The van der Waals surface area contributed by atoms with E-state index in [0.29, 0.717) is 12.6 Å². The number of hydrogen-bond acceptors (Lipinski definition) is 2. The average molecular weight is 212 g/mol. The standard InChI is InChI=1S/C12H24N2O/c1-11(2,3)9-7-13-10(15)8-14(9)12(4,5)6/h9H,7-8H2,1-6H3,(H,13,15). The van der Waals surface area contributed by atoms with Crippen LogP contribution in [0.5, 0.6) is 0 Å². The minimum atomic E-state index is 0.0513. The quantitative estimate of drug-likeness (QED) is 0.662. The van der Waals surface area contributed by atoms with Gasteiger partial charge in [0.1, 0.15) is 0 Å². The van der Waals surface area contributed by atoms with Gasteiger partial charge >= 0.3 is 0 Å². The highest BCUT2D eigenvalue weighted by atomic mass is 16.2. The van der Waals surface area contributed by atoms with Crippen LogP contribution in [-0.4, -0.2) is 35.5 Å². The molecule has 0 spiro atoms. The summed E-state index contributed by atoms with van der Waals surface area (Å²) in [5.74, 6) is 0.144. The van der Waals surface area contributed by atoms with E-state index in [-0.39, 0.29) is 16.9 Å². The lowest BCUT2D eigenvalue weighted by molar-refractivity contribution is -0.130. The molecule has 0 aromatic rings. The van der Waals surface area contributed by atoms with E-state index in [1.165, 1.54) is 0 Å². The Balaban J connectivity index is 2.90. The molecular weight excluding hydrogens is 188 g/mol. The number of nitrogens with one attached hydrogen (secondary N) is 1. The van der Waals surface area contributed by atoms with Crippen molar-refractivity contribution < 1.29 is 4.79 Å². The first-order valence-corrected chi connectivity index (χ1v) is 5.66. The summed E-state index contributed by atoms with van der Waals surface area (Å²) in [5.41, 5.74) is 0.247. The van der Waals surface area contributed by atoms with Crippen molar-refractivity contribution >= 4 is 5.91 Å². The highest BCUT2D eigenvalue weighted by Crippen LogP contribution is 2.30. The van der Waals surface area contributed by atoms with E-state index in [1.807, 2.05) is 0 Å². The maximum absolute atomic E-state index is 11.4. The molecule has 0 saturated carbocycles. The molecule has 1 amide bonds. The largest absolute Gasteiger partial charge is 0.353 e. The first-order chi connectivity index (χ1) is 6.62. The fourth-order valence-electron chi connectivity index (χ4n) is 2.12. The van der Waals surface area contributed by atoms with Crippen LogP contribution in [0, 0.1) is 5.41 Å². The summed E-state index contributed by atoms with van der Waals surface area (Å²) in [6.45, 7) is 14.5. The van der Waals surface area contributed by atoms with E-state index in [9.17, 15) is 4.79 Å². The topological polar surface area (TPSA) is 32.3 Å². The molecule has 3 heteroatoms. The Hall–Kier alpha value is -0.570. The maximum Gasteiger partial charge on any atom is 0.234 e. The summed E-state index contributed by atoms with van der Waals surface area (Å²) in [6.07, 6.45) is 0. The van der Waals surface area contributed by atoms with Gasteiger partial charge in [0.2, 0.25) is 5.91 Å². The molecule has 0 radical (unpaired) electrons. The summed E-state index contributed by atoms with van der Waals surface area (Å²) in [6, 6.07) is 0.412. The Morgan fingerprint density at radius 2 is 1.73 bits per heavy atom. The van der Waals surface area contributed by atoms with Gasteiger partial charge in [-0.15, -0.1) is 0 Å². The van der Waals surface area contributed by atoms with E-state index in [2.05, 4.69) is 51.8 Å². The van der Waals surface area contributed by atoms with Crippen molar-refractivity contribution in [1.82, 2.24) is 10.2 Å². The van der Waals surface area contributed by atoms with E-state index < -0.39 is 0 Å². The van der Waals surface area contributed by atoms with Crippen molar-refractivity contribution in [2.45, 2.75) is 53.1 Å². The van der Waals surface area contributed by atoms with Gasteiger partial charge in [0.15, 0.2) is 0 Å². The zero-order valence-corrected chi connectivity index (χ0v) is 10.8. The smallest absolute Gasteiger partial charge is 0.234 e. The molecule has 1 saturated heterocycles. The molecule has 0 bridgehead atoms. The predicted molar refractivity (Wildman–Crippen MR) is 62.7 cm³/mol. The van der Waals surface area contributed by atoms with Crippen molar-refractivity contribution in [1.29, 1.82) is 0 Å². The lowest BCUT2D eigenvalue weighted by atomic mass is 9.82. The lowest BCUT2D eigenvalue weighted by Gasteiger charge is -2.49. The Morgan fingerprint density at radius 3 is 2.13 bits per heavy atom. The zero-order valence-electron chi connectivity index (χ0n) is 10.8. The zero-order chi connectivity index (χ0) is 11.9. The highest BCUT2D eigenvalue weighted by Gasteiger charge is 2.39. The minimum Gasteiger partial charge on any atom is -0.353 e. The van der Waals surface area contributed by atoms with E-state index >= 15 is 0 Å². The number of rotatable bonds is 0. The van der Waals surface area contributed by atoms with Crippen LogP contribution in [0.4, 0.5) is 0 Å². The fourth-order valence-corrected chi connectivity index (χ4v) is 2.12. The first kappa shape index (κ1) is 12.5. The molecule has 1 heterocycles. The third-order valence-electron chi connectivity index (χ3n) is 3.04. The second kappa shape index (κ2) is 3.78. The van der Waals surface area contributed by atoms with Crippen LogP contribution >= 0.6 is 0 Å². The van der Waals surface area contributed by atoms with Crippen LogP contribution in [0.1, 0.15) is 41.5 Å². The van der Waals surface area contributed by atoms with Gasteiger partial charge in [0.05, 0.1) is 6.54 Å². The van der Waals surface area contributed by atoms with Gasteiger partial charge in [0, 0.05) is 18.1 Å². The fraction of sp³-hybridized carbons (Fsp3) is 0.917. The third-order valence-corrected chi connectivity index (χ3v) is 3.04. The van der Waals surface area contributed by atoms with Crippen molar-refractivity contribution in [2.24, 2.45) is 5.41 Å². The summed E-state index contributed by atoms with van der Waals surface area (Å²) in [4.78, 5) is 13.8. The van der Waals surface area contributed by atoms with Crippen LogP contribution in [0.15, 0.2) is 0 Å². The Morgan fingerprint density at radius 1 is 1.20 bits per heavy atom. The van der Waals surface area contributed by atoms with Gasteiger partial charge < -0.3 is 5.32 Å². The molecule has 88 valence electrons. The Bertz CT molecular complexity index is 247. The number of carbonyl (C=O) groups excluding carboxylic acids is 1. The number of amides is 1. The van der Waals surface area contributed by atoms with Crippen molar-refractivity contribution in [2.75, 3.05) is 13.1 Å².